The van der Waals surface area contributed by atoms with Crippen molar-refractivity contribution in [1.29, 1.82) is 0 Å². The summed E-state index contributed by atoms with van der Waals surface area (Å²) in [7, 11) is 1.65. The predicted octanol–water partition coefficient (Wildman–Crippen LogP) is 4.95. The standard InChI is InChI=1S/C17H15BrO2S/c1-20-12-6-7-15(18)11(8-12)9-16(19)14-10-21-17-5-3-2-4-13(14)17/h2-8,10,16,19H,9H2,1H3. The minimum absolute atomic E-state index is 0.524. The van der Waals surface area contributed by atoms with Crippen LogP contribution in [0.4, 0.5) is 0 Å². The van der Waals surface area contributed by atoms with E-state index in [0.29, 0.717) is 6.42 Å². The van der Waals surface area contributed by atoms with Crippen molar-refractivity contribution < 1.29 is 9.84 Å². The Balaban J connectivity index is 1.91. The lowest BCUT2D eigenvalue weighted by Gasteiger charge is -2.13. The topological polar surface area (TPSA) is 29.5 Å². The van der Waals surface area contributed by atoms with Gasteiger partial charge in [-0.2, -0.15) is 0 Å². The lowest BCUT2D eigenvalue weighted by molar-refractivity contribution is 0.180. The molecule has 3 rings (SSSR count). The Labute approximate surface area is 136 Å². The van der Waals surface area contributed by atoms with Gasteiger partial charge in [0.05, 0.1) is 13.2 Å². The van der Waals surface area contributed by atoms with Gasteiger partial charge < -0.3 is 9.84 Å². The number of hydrogen-bond acceptors (Lipinski definition) is 3. The number of aliphatic hydroxyl groups excluding tert-OH is 1. The molecular formula is C17H15BrO2S. The van der Waals surface area contributed by atoms with E-state index >= 15 is 0 Å². The van der Waals surface area contributed by atoms with Gasteiger partial charge in [0.15, 0.2) is 0 Å². The van der Waals surface area contributed by atoms with Gasteiger partial charge in [0, 0.05) is 15.6 Å². The number of methoxy groups -OCH3 is 1. The molecule has 2 aromatic carbocycles. The second-order valence-corrected chi connectivity index (χ2v) is 6.63. The Hall–Kier alpha value is -1.36. The summed E-state index contributed by atoms with van der Waals surface area (Å²) in [6, 6.07) is 14.0. The summed E-state index contributed by atoms with van der Waals surface area (Å²) in [6.45, 7) is 0. The van der Waals surface area contributed by atoms with Gasteiger partial charge in [0.2, 0.25) is 0 Å². The van der Waals surface area contributed by atoms with Gasteiger partial charge >= 0.3 is 0 Å². The maximum atomic E-state index is 10.6. The van der Waals surface area contributed by atoms with Gasteiger partial charge in [-0.3, -0.25) is 0 Å². The molecule has 0 aliphatic carbocycles. The van der Waals surface area contributed by atoms with Gasteiger partial charge in [-0.1, -0.05) is 34.1 Å². The molecule has 0 aliphatic rings. The van der Waals surface area contributed by atoms with Crippen LogP contribution >= 0.6 is 27.3 Å². The average molecular weight is 363 g/mol. The minimum Gasteiger partial charge on any atom is -0.497 e. The number of aliphatic hydroxyl groups is 1. The Morgan fingerprint density at radius 1 is 1.24 bits per heavy atom. The van der Waals surface area contributed by atoms with Crippen molar-refractivity contribution in [2.75, 3.05) is 7.11 Å². The molecule has 21 heavy (non-hydrogen) atoms. The molecule has 1 heterocycles. The number of benzene rings is 2. The molecule has 0 aliphatic heterocycles. The average Bonchev–Trinajstić information content (AvgIpc) is 2.93. The zero-order chi connectivity index (χ0) is 14.8. The molecule has 2 nitrogen and oxygen atoms in total. The largest absolute Gasteiger partial charge is 0.497 e. The van der Waals surface area contributed by atoms with Crippen LogP contribution in [0.3, 0.4) is 0 Å². The molecule has 0 spiro atoms. The Kier molecular flexibility index (Phi) is 4.29. The molecule has 0 saturated carbocycles. The summed E-state index contributed by atoms with van der Waals surface area (Å²) in [6.07, 6.45) is 0.0305. The number of halogens is 1. The normalized spacial score (nSPS) is 12.5. The van der Waals surface area contributed by atoms with Gasteiger partial charge in [-0.15, -0.1) is 11.3 Å². The summed E-state index contributed by atoms with van der Waals surface area (Å²) < 4.78 is 7.44. The molecule has 0 radical (unpaired) electrons. The first kappa shape index (κ1) is 14.6. The summed E-state index contributed by atoms with van der Waals surface area (Å²) >= 11 is 5.21. The molecule has 1 N–H and O–H groups in total. The van der Waals surface area contributed by atoms with Gasteiger partial charge in [0.1, 0.15) is 5.75 Å². The minimum atomic E-state index is -0.524. The van der Waals surface area contributed by atoms with Crippen molar-refractivity contribution in [3.63, 3.8) is 0 Å². The zero-order valence-corrected chi connectivity index (χ0v) is 13.9. The molecule has 1 unspecified atom stereocenters. The molecule has 3 aromatic rings. The van der Waals surface area contributed by atoms with E-state index in [0.717, 1.165) is 26.7 Å². The molecule has 0 fully saturated rings. The van der Waals surface area contributed by atoms with E-state index in [1.165, 1.54) is 4.70 Å². The predicted molar refractivity (Wildman–Crippen MR) is 91.2 cm³/mol. The van der Waals surface area contributed by atoms with Crippen LogP contribution in [-0.2, 0) is 6.42 Å². The molecule has 0 bridgehead atoms. The Bertz CT molecular complexity index is 766. The molecule has 0 amide bonds. The highest BCUT2D eigenvalue weighted by Gasteiger charge is 2.15. The summed E-state index contributed by atoms with van der Waals surface area (Å²) in [4.78, 5) is 0. The lowest BCUT2D eigenvalue weighted by Crippen LogP contribution is -2.02. The third-order valence-electron chi connectivity index (χ3n) is 3.54. The fourth-order valence-electron chi connectivity index (χ4n) is 2.41. The maximum Gasteiger partial charge on any atom is 0.119 e. The van der Waals surface area contributed by atoms with Crippen molar-refractivity contribution in [3.8, 4) is 5.75 Å². The zero-order valence-electron chi connectivity index (χ0n) is 11.5. The van der Waals surface area contributed by atoms with Crippen molar-refractivity contribution in [1.82, 2.24) is 0 Å². The molecule has 0 saturated heterocycles. The fourth-order valence-corrected chi connectivity index (χ4v) is 3.83. The lowest BCUT2D eigenvalue weighted by atomic mass is 10.0. The highest BCUT2D eigenvalue weighted by Crippen LogP contribution is 2.33. The van der Waals surface area contributed by atoms with E-state index in [2.05, 4.69) is 28.1 Å². The third kappa shape index (κ3) is 2.98. The van der Waals surface area contributed by atoms with E-state index in [-0.39, 0.29) is 0 Å². The van der Waals surface area contributed by atoms with Crippen molar-refractivity contribution in [2.45, 2.75) is 12.5 Å². The summed E-state index contributed by atoms with van der Waals surface area (Å²) in [5.41, 5.74) is 2.03. The monoisotopic (exact) mass is 362 g/mol. The number of rotatable bonds is 4. The first-order valence-electron chi connectivity index (χ1n) is 6.65. The van der Waals surface area contributed by atoms with Crippen LogP contribution in [0, 0.1) is 0 Å². The van der Waals surface area contributed by atoms with Crippen LogP contribution in [0.25, 0.3) is 10.1 Å². The first-order valence-corrected chi connectivity index (χ1v) is 8.33. The van der Waals surface area contributed by atoms with Crippen LogP contribution in [-0.4, -0.2) is 12.2 Å². The van der Waals surface area contributed by atoms with Gasteiger partial charge in [0.25, 0.3) is 0 Å². The van der Waals surface area contributed by atoms with Gasteiger partial charge in [-0.05, 0) is 46.2 Å². The smallest absolute Gasteiger partial charge is 0.119 e. The highest BCUT2D eigenvalue weighted by atomic mass is 79.9. The summed E-state index contributed by atoms with van der Waals surface area (Å²) in [5.74, 6) is 0.801. The molecular weight excluding hydrogens is 348 g/mol. The number of thiophene rings is 1. The maximum absolute atomic E-state index is 10.6. The van der Waals surface area contributed by atoms with Crippen LogP contribution in [0.1, 0.15) is 17.2 Å². The Morgan fingerprint density at radius 3 is 2.86 bits per heavy atom. The third-order valence-corrected chi connectivity index (χ3v) is 5.29. The van der Waals surface area contributed by atoms with E-state index < -0.39 is 6.10 Å². The highest BCUT2D eigenvalue weighted by molar-refractivity contribution is 9.10. The SMILES string of the molecule is COc1ccc(Br)c(CC(O)c2csc3ccccc23)c1. The van der Waals surface area contributed by atoms with E-state index in [1.807, 2.05) is 35.7 Å². The Morgan fingerprint density at radius 2 is 2.05 bits per heavy atom. The van der Waals surface area contributed by atoms with Crippen molar-refractivity contribution in [3.05, 3.63) is 63.4 Å². The molecule has 4 heteroatoms. The second-order valence-electron chi connectivity index (χ2n) is 4.86. The first-order chi connectivity index (χ1) is 10.2. The quantitative estimate of drug-likeness (QED) is 0.711. The number of ether oxygens (including phenoxy) is 1. The van der Waals surface area contributed by atoms with E-state index in [4.69, 9.17) is 4.74 Å². The number of fused-ring (bicyclic) bond motifs is 1. The fraction of sp³-hybridized carbons (Fsp3) is 0.176. The van der Waals surface area contributed by atoms with E-state index in [1.54, 1.807) is 18.4 Å². The molecule has 1 atom stereocenters. The van der Waals surface area contributed by atoms with Crippen LogP contribution in [0.5, 0.6) is 5.75 Å². The van der Waals surface area contributed by atoms with Crippen LogP contribution in [0.2, 0.25) is 0 Å². The molecule has 108 valence electrons. The van der Waals surface area contributed by atoms with Crippen molar-refractivity contribution in [2.24, 2.45) is 0 Å². The molecule has 1 aromatic heterocycles. The van der Waals surface area contributed by atoms with Crippen LogP contribution in [0.15, 0.2) is 52.3 Å². The summed E-state index contributed by atoms with van der Waals surface area (Å²) in [5, 5.41) is 13.8. The van der Waals surface area contributed by atoms with Crippen molar-refractivity contribution >= 4 is 37.4 Å². The second kappa shape index (κ2) is 6.18. The van der Waals surface area contributed by atoms with E-state index in [9.17, 15) is 5.11 Å². The van der Waals surface area contributed by atoms with Crippen LogP contribution < -0.4 is 4.74 Å². The number of hydrogen-bond donors (Lipinski definition) is 1. The van der Waals surface area contributed by atoms with Gasteiger partial charge in [-0.25, -0.2) is 0 Å².